The van der Waals surface area contributed by atoms with Gasteiger partial charge in [-0.05, 0) is 38.3 Å². The minimum atomic E-state index is 0.685. The molecular formula is C15H25N3. The molecule has 0 amide bonds. The van der Waals surface area contributed by atoms with Gasteiger partial charge in [0.2, 0.25) is 0 Å². The molecule has 1 aliphatic heterocycles. The van der Waals surface area contributed by atoms with E-state index < -0.39 is 0 Å². The third kappa shape index (κ3) is 3.02. The van der Waals surface area contributed by atoms with Crippen LogP contribution >= 0.6 is 0 Å². The summed E-state index contributed by atoms with van der Waals surface area (Å²) < 4.78 is 0. The summed E-state index contributed by atoms with van der Waals surface area (Å²) in [6, 6.07) is 4.93. The van der Waals surface area contributed by atoms with Crippen molar-refractivity contribution in [3.63, 3.8) is 0 Å². The summed E-state index contributed by atoms with van der Waals surface area (Å²) in [4.78, 5) is 7.13. The first-order valence-electron chi connectivity index (χ1n) is 7.28. The molecule has 2 rings (SSSR count). The number of aromatic nitrogens is 1. The Morgan fingerprint density at radius 3 is 3.11 bits per heavy atom. The van der Waals surface area contributed by atoms with E-state index in [0.29, 0.717) is 6.04 Å². The second kappa shape index (κ2) is 6.74. The van der Waals surface area contributed by atoms with Gasteiger partial charge in [0.1, 0.15) is 5.82 Å². The first kappa shape index (κ1) is 13.3. The Bertz CT molecular complexity index is 365. The van der Waals surface area contributed by atoms with Gasteiger partial charge in [-0.2, -0.15) is 0 Å². The number of nitrogens with one attached hydrogen (secondary N) is 1. The Balaban J connectivity index is 2.11. The van der Waals surface area contributed by atoms with E-state index in [1.807, 2.05) is 12.3 Å². The molecule has 0 aromatic carbocycles. The van der Waals surface area contributed by atoms with E-state index in [1.54, 1.807) is 0 Å². The highest BCUT2D eigenvalue weighted by Crippen LogP contribution is 2.28. The van der Waals surface area contributed by atoms with Gasteiger partial charge in [-0.3, -0.25) is 0 Å². The maximum Gasteiger partial charge on any atom is 0.133 e. The first-order valence-corrected chi connectivity index (χ1v) is 7.28. The molecule has 100 valence electrons. The largest absolute Gasteiger partial charge is 0.353 e. The zero-order chi connectivity index (χ0) is 12.8. The van der Waals surface area contributed by atoms with Gasteiger partial charge in [-0.15, -0.1) is 0 Å². The van der Waals surface area contributed by atoms with Crippen LogP contribution in [0.3, 0.4) is 0 Å². The molecule has 1 saturated heterocycles. The maximum absolute atomic E-state index is 4.62. The van der Waals surface area contributed by atoms with E-state index in [2.05, 4.69) is 35.1 Å². The summed E-state index contributed by atoms with van der Waals surface area (Å²) in [5.41, 5.74) is 1.34. The number of rotatable bonds is 6. The van der Waals surface area contributed by atoms with Crippen LogP contribution in [0.4, 0.5) is 5.82 Å². The normalized spacial score (nSPS) is 19.4. The summed E-state index contributed by atoms with van der Waals surface area (Å²) in [6.45, 7) is 7.65. The molecule has 18 heavy (non-hydrogen) atoms. The van der Waals surface area contributed by atoms with Crippen molar-refractivity contribution in [3.05, 3.63) is 23.9 Å². The van der Waals surface area contributed by atoms with Gasteiger partial charge in [-0.1, -0.05) is 19.9 Å². The van der Waals surface area contributed by atoms with Crippen LogP contribution in [-0.4, -0.2) is 24.1 Å². The molecule has 0 radical (unpaired) electrons. The average molecular weight is 247 g/mol. The molecule has 0 aliphatic carbocycles. The SMILES string of the molecule is CCCNCc1cccnc1N1CCCC1CC. The Kier molecular flexibility index (Phi) is 5.00. The molecule has 0 bridgehead atoms. The molecular weight excluding hydrogens is 222 g/mol. The molecule has 1 unspecified atom stereocenters. The quantitative estimate of drug-likeness (QED) is 0.783. The third-order valence-electron chi connectivity index (χ3n) is 3.73. The lowest BCUT2D eigenvalue weighted by molar-refractivity contribution is 0.630. The van der Waals surface area contributed by atoms with Crippen molar-refractivity contribution in [2.24, 2.45) is 0 Å². The highest BCUT2D eigenvalue weighted by molar-refractivity contribution is 5.48. The van der Waals surface area contributed by atoms with Gasteiger partial charge < -0.3 is 10.2 Å². The lowest BCUT2D eigenvalue weighted by Crippen LogP contribution is -2.31. The van der Waals surface area contributed by atoms with Crippen LogP contribution in [0.1, 0.15) is 45.1 Å². The van der Waals surface area contributed by atoms with E-state index in [1.165, 1.54) is 37.1 Å². The minimum Gasteiger partial charge on any atom is -0.353 e. The van der Waals surface area contributed by atoms with Crippen LogP contribution < -0.4 is 10.2 Å². The Morgan fingerprint density at radius 1 is 1.44 bits per heavy atom. The molecule has 1 aliphatic rings. The number of hydrogen-bond donors (Lipinski definition) is 1. The van der Waals surface area contributed by atoms with Crippen LogP contribution in [0, 0.1) is 0 Å². The van der Waals surface area contributed by atoms with Gasteiger partial charge in [0, 0.05) is 30.9 Å². The molecule has 2 heterocycles. The van der Waals surface area contributed by atoms with Crippen LogP contribution in [-0.2, 0) is 6.54 Å². The van der Waals surface area contributed by atoms with Gasteiger partial charge >= 0.3 is 0 Å². The zero-order valence-corrected chi connectivity index (χ0v) is 11.7. The van der Waals surface area contributed by atoms with Crippen molar-refractivity contribution in [1.29, 1.82) is 0 Å². The number of hydrogen-bond acceptors (Lipinski definition) is 3. The van der Waals surface area contributed by atoms with Gasteiger partial charge in [0.05, 0.1) is 0 Å². The molecule has 3 nitrogen and oxygen atoms in total. The highest BCUT2D eigenvalue weighted by Gasteiger charge is 2.25. The first-order chi connectivity index (χ1) is 8.86. The van der Waals surface area contributed by atoms with Crippen molar-refractivity contribution >= 4 is 5.82 Å². The summed E-state index contributed by atoms with van der Waals surface area (Å²) >= 11 is 0. The van der Waals surface area contributed by atoms with Gasteiger partial charge in [0.15, 0.2) is 0 Å². The van der Waals surface area contributed by atoms with Crippen molar-refractivity contribution in [2.75, 3.05) is 18.0 Å². The minimum absolute atomic E-state index is 0.685. The summed E-state index contributed by atoms with van der Waals surface area (Å²) in [7, 11) is 0. The third-order valence-corrected chi connectivity index (χ3v) is 3.73. The smallest absolute Gasteiger partial charge is 0.133 e. The number of anilines is 1. The second-order valence-electron chi connectivity index (χ2n) is 5.06. The van der Waals surface area contributed by atoms with Crippen molar-refractivity contribution in [3.8, 4) is 0 Å². The van der Waals surface area contributed by atoms with Crippen molar-refractivity contribution < 1.29 is 0 Å². The van der Waals surface area contributed by atoms with Crippen LogP contribution in [0.15, 0.2) is 18.3 Å². The van der Waals surface area contributed by atoms with E-state index in [0.717, 1.165) is 19.6 Å². The Morgan fingerprint density at radius 2 is 2.33 bits per heavy atom. The fraction of sp³-hybridized carbons (Fsp3) is 0.667. The molecule has 0 saturated carbocycles. The number of pyridine rings is 1. The maximum atomic E-state index is 4.62. The van der Waals surface area contributed by atoms with E-state index in [9.17, 15) is 0 Å². The summed E-state index contributed by atoms with van der Waals surface area (Å²) in [5.74, 6) is 1.20. The monoisotopic (exact) mass is 247 g/mol. The van der Waals surface area contributed by atoms with Gasteiger partial charge in [-0.25, -0.2) is 4.98 Å². The molecule has 1 aromatic rings. The summed E-state index contributed by atoms with van der Waals surface area (Å²) in [6.07, 6.45) is 6.94. The fourth-order valence-corrected chi connectivity index (χ4v) is 2.77. The number of nitrogens with zero attached hydrogens (tertiary/aromatic N) is 2. The second-order valence-corrected chi connectivity index (χ2v) is 5.06. The average Bonchev–Trinajstić information content (AvgIpc) is 2.88. The zero-order valence-electron chi connectivity index (χ0n) is 11.7. The van der Waals surface area contributed by atoms with Gasteiger partial charge in [0.25, 0.3) is 0 Å². The predicted octanol–water partition coefficient (Wildman–Crippen LogP) is 2.96. The van der Waals surface area contributed by atoms with Crippen molar-refractivity contribution in [2.45, 2.75) is 52.1 Å². The van der Waals surface area contributed by atoms with E-state index in [4.69, 9.17) is 0 Å². The van der Waals surface area contributed by atoms with Crippen LogP contribution in [0.25, 0.3) is 0 Å². The molecule has 3 heteroatoms. The Labute approximate surface area is 111 Å². The topological polar surface area (TPSA) is 28.2 Å². The predicted molar refractivity (Wildman–Crippen MR) is 76.9 cm³/mol. The lowest BCUT2D eigenvalue weighted by atomic mass is 10.1. The standard InChI is InChI=1S/C15H25N3/c1-3-9-16-12-13-7-5-10-17-15(13)18-11-6-8-14(18)4-2/h5,7,10,14,16H,3-4,6,8-9,11-12H2,1-2H3. The molecule has 1 aromatic heterocycles. The van der Waals surface area contributed by atoms with Crippen LogP contribution in [0.2, 0.25) is 0 Å². The molecule has 1 fully saturated rings. The van der Waals surface area contributed by atoms with E-state index in [-0.39, 0.29) is 0 Å². The van der Waals surface area contributed by atoms with Crippen molar-refractivity contribution in [1.82, 2.24) is 10.3 Å². The van der Waals surface area contributed by atoms with Crippen LogP contribution in [0.5, 0.6) is 0 Å². The molecule has 0 spiro atoms. The highest BCUT2D eigenvalue weighted by atomic mass is 15.2. The molecule has 1 N–H and O–H groups in total. The fourth-order valence-electron chi connectivity index (χ4n) is 2.77. The molecule has 1 atom stereocenters. The van der Waals surface area contributed by atoms with E-state index >= 15 is 0 Å². The Hall–Kier alpha value is -1.09. The lowest BCUT2D eigenvalue weighted by Gasteiger charge is -2.27. The summed E-state index contributed by atoms with van der Waals surface area (Å²) in [5, 5.41) is 3.48.